The van der Waals surface area contributed by atoms with E-state index in [4.69, 9.17) is 11.6 Å². The van der Waals surface area contributed by atoms with Crippen LogP contribution >= 0.6 is 11.6 Å². The maximum absolute atomic E-state index is 6.17. The van der Waals surface area contributed by atoms with Crippen molar-refractivity contribution in [3.8, 4) is 0 Å². The molecule has 0 aliphatic heterocycles. The first-order valence-corrected chi connectivity index (χ1v) is 7.61. The van der Waals surface area contributed by atoms with Gasteiger partial charge in [0, 0.05) is 18.0 Å². The van der Waals surface area contributed by atoms with Gasteiger partial charge in [-0.3, -0.25) is 0 Å². The summed E-state index contributed by atoms with van der Waals surface area (Å²) in [6, 6.07) is 0.404. The Morgan fingerprint density at radius 3 is 2.42 bits per heavy atom. The Bertz CT molecular complexity index is 405. The molecule has 108 valence electrons. The van der Waals surface area contributed by atoms with Gasteiger partial charge >= 0.3 is 0 Å². The Morgan fingerprint density at radius 1 is 1.16 bits per heavy atom. The third kappa shape index (κ3) is 5.35. The highest BCUT2D eigenvalue weighted by Crippen LogP contribution is 2.22. The van der Waals surface area contributed by atoms with E-state index in [0.717, 1.165) is 42.4 Å². The maximum atomic E-state index is 6.17. The summed E-state index contributed by atoms with van der Waals surface area (Å²) in [5.41, 5.74) is 0.943. The van der Waals surface area contributed by atoms with E-state index in [1.165, 1.54) is 6.42 Å². The van der Waals surface area contributed by atoms with Gasteiger partial charge in [0.15, 0.2) is 0 Å². The normalized spacial score (nSPS) is 12.8. The average molecular weight is 284 g/mol. The Hall–Kier alpha value is -0.830. The minimum atomic E-state index is 0.404. The highest BCUT2D eigenvalue weighted by molar-refractivity contribution is 6.30. The van der Waals surface area contributed by atoms with Gasteiger partial charge in [0.05, 0.1) is 0 Å². The van der Waals surface area contributed by atoms with Crippen LogP contribution in [0.4, 0.5) is 5.82 Å². The first kappa shape index (κ1) is 16.2. The molecule has 0 aliphatic carbocycles. The van der Waals surface area contributed by atoms with E-state index in [1.807, 2.05) is 6.92 Å². The molecule has 0 spiro atoms. The van der Waals surface area contributed by atoms with Crippen molar-refractivity contribution in [1.29, 1.82) is 0 Å². The highest BCUT2D eigenvalue weighted by Gasteiger charge is 2.11. The lowest BCUT2D eigenvalue weighted by Gasteiger charge is -2.18. The first-order chi connectivity index (χ1) is 8.93. The minimum absolute atomic E-state index is 0.404. The lowest BCUT2D eigenvalue weighted by molar-refractivity contribution is 0.527. The summed E-state index contributed by atoms with van der Waals surface area (Å²) in [6.45, 7) is 10.8. The number of aromatic nitrogens is 2. The molecule has 1 aromatic heterocycles. The number of hydrogen-bond acceptors (Lipinski definition) is 3. The zero-order valence-corrected chi connectivity index (χ0v) is 13.5. The van der Waals surface area contributed by atoms with Crippen molar-refractivity contribution in [2.24, 2.45) is 5.92 Å². The Balaban J connectivity index is 2.75. The van der Waals surface area contributed by atoms with Crippen LogP contribution in [-0.4, -0.2) is 16.0 Å². The predicted octanol–water partition coefficient (Wildman–Crippen LogP) is 4.63. The van der Waals surface area contributed by atoms with Crippen LogP contribution in [0.3, 0.4) is 0 Å². The summed E-state index contributed by atoms with van der Waals surface area (Å²) < 4.78 is 0. The van der Waals surface area contributed by atoms with Gasteiger partial charge in [-0.25, -0.2) is 9.97 Å². The molecule has 0 saturated heterocycles. The third-order valence-electron chi connectivity index (χ3n) is 3.17. The molecule has 19 heavy (non-hydrogen) atoms. The van der Waals surface area contributed by atoms with Gasteiger partial charge in [-0.05, 0) is 39.0 Å². The zero-order chi connectivity index (χ0) is 14.4. The predicted molar refractivity (Wildman–Crippen MR) is 82.9 cm³/mol. The molecule has 1 heterocycles. The molecule has 1 rings (SSSR count). The molecule has 1 aromatic rings. The molecule has 0 aliphatic rings. The lowest BCUT2D eigenvalue weighted by atomic mass is 10.0. The highest BCUT2D eigenvalue weighted by atomic mass is 35.5. The van der Waals surface area contributed by atoms with E-state index in [2.05, 4.69) is 43.0 Å². The quantitative estimate of drug-likeness (QED) is 0.742. The monoisotopic (exact) mass is 283 g/mol. The molecule has 1 unspecified atom stereocenters. The number of halogens is 1. The van der Waals surface area contributed by atoms with Crippen molar-refractivity contribution in [2.45, 2.75) is 66.3 Å². The van der Waals surface area contributed by atoms with E-state index in [1.54, 1.807) is 0 Å². The third-order valence-corrected chi connectivity index (χ3v) is 3.53. The Labute approximate surface area is 122 Å². The molecule has 0 aromatic carbocycles. The molecule has 1 N–H and O–H groups in total. The number of hydrogen-bond donors (Lipinski definition) is 1. The standard InChI is InChI=1S/C15H26ClN3/c1-6-7-13-18-14(16)12(5)15(19-13)17-11(4)9-8-10(2)3/h10-11H,6-9H2,1-5H3,(H,17,18,19). The van der Waals surface area contributed by atoms with Crippen molar-refractivity contribution in [3.63, 3.8) is 0 Å². The average Bonchev–Trinajstić information content (AvgIpc) is 2.33. The topological polar surface area (TPSA) is 37.8 Å². The van der Waals surface area contributed by atoms with Gasteiger partial charge in [0.2, 0.25) is 0 Å². The van der Waals surface area contributed by atoms with E-state index in [9.17, 15) is 0 Å². The van der Waals surface area contributed by atoms with Crippen LogP contribution < -0.4 is 5.32 Å². The summed E-state index contributed by atoms with van der Waals surface area (Å²) >= 11 is 6.17. The molecule has 0 saturated carbocycles. The van der Waals surface area contributed by atoms with Crippen LogP contribution in [0.5, 0.6) is 0 Å². The molecule has 3 nitrogen and oxygen atoms in total. The van der Waals surface area contributed by atoms with Crippen molar-refractivity contribution < 1.29 is 0 Å². The summed E-state index contributed by atoms with van der Waals surface area (Å²) in [5, 5.41) is 4.04. The molecular weight excluding hydrogens is 258 g/mol. The van der Waals surface area contributed by atoms with E-state index >= 15 is 0 Å². The molecule has 0 fully saturated rings. The van der Waals surface area contributed by atoms with Gasteiger partial charge in [0.1, 0.15) is 16.8 Å². The van der Waals surface area contributed by atoms with Gasteiger partial charge < -0.3 is 5.32 Å². The molecule has 1 atom stereocenters. The van der Waals surface area contributed by atoms with Crippen LogP contribution in [0.1, 0.15) is 58.3 Å². The molecule has 0 radical (unpaired) electrons. The SMILES string of the molecule is CCCc1nc(Cl)c(C)c(NC(C)CCC(C)C)n1. The van der Waals surface area contributed by atoms with Crippen LogP contribution in [0, 0.1) is 12.8 Å². The number of aryl methyl sites for hydroxylation is 1. The lowest BCUT2D eigenvalue weighted by Crippen LogP contribution is -2.18. The second kappa shape index (κ2) is 7.68. The van der Waals surface area contributed by atoms with Gasteiger partial charge in [0.25, 0.3) is 0 Å². The number of rotatable bonds is 7. The van der Waals surface area contributed by atoms with Crippen LogP contribution in [0.2, 0.25) is 5.15 Å². The van der Waals surface area contributed by atoms with Crippen LogP contribution in [0.25, 0.3) is 0 Å². The number of nitrogens with one attached hydrogen (secondary N) is 1. The maximum Gasteiger partial charge on any atom is 0.137 e. The molecule has 4 heteroatoms. The first-order valence-electron chi connectivity index (χ1n) is 7.23. The zero-order valence-electron chi connectivity index (χ0n) is 12.8. The second-order valence-corrected chi connectivity index (χ2v) is 6.03. The van der Waals surface area contributed by atoms with Crippen molar-refractivity contribution in [3.05, 3.63) is 16.5 Å². The summed E-state index contributed by atoms with van der Waals surface area (Å²) in [7, 11) is 0. The fourth-order valence-electron chi connectivity index (χ4n) is 1.90. The van der Waals surface area contributed by atoms with Gasteiger partial charge in [-0.2, -0.15) is 0 Å². The van der Waals surface area contributed by atoms with E-state index in [0.29, 0.717) is 11.2 Å². The minimum Gasteiger partial charge on any atom is -0.367 e. The van der Waals surface area contributed by atoms with Crippen LogP contribution in [0.15, 0.2) is 0 Å². The molecular formula is C15H26ClN3. The number of nitrogens with zero attached hydrogens (tertiary/aromatic N) is 2. The molecule has 0 bridgehead atoms. The second-order valence-electron chi connectivity index (χ2n) is 5.67. The van der Waals surface area contributed by atoms with Crippen molar-refractivity contribution in [2.75, 3.05) is 5.32 Å². The fraction of sp³-hybridized carbons (Fsp3) is 0.733. The van der Waals surface area contributed by atoms with Crippen molar-refractivity contribution in [1.82, 2.24) is 9.97 Å². The van der Waals surface area contributed by atoms with Gasteiger partial charge in [-0.15, -0.1) is 0 Å². The number of anilines is 1. The Morgan fingerprint density at radius 2 is 1.84 bits per heavy atom. The summed E-state index contributed by atoms with van der Waals surface area (Å²) in [6.07, 6.45) is 4.26. The van der Waals surface area contributed by atoms with E-state index < -0.39 is 0 Å². The van der Waals surface area contributed by atoms with Crippen LogP contribution in [-0.2, 0) is 6.42 Å². The summed E-state index contributed by atoms with van der Waals surface area (Å²) in [4.78, 5) is 8.90. The van der Waals surface area contributed by atoms with Gasteiger partial charge in [-0.1, -0.05) is 32.4 Å². The smallest absolute Gasteiger partial charge is 0.137 e. The molecule has 0 amide bonds. The Kier molecular flexibility index (Phi) is 6.56. The summed E-state index contributed by atoms with van der Waals surface area (Å²) in [5.74, 6) is 2.45. The fourth-order valence-corrected chi connectivity index (χ4v) is 2.08. The van der Waals surface area contributed by atoms with E-state index in [-0.39, 0.29) is 0 Å². The van der Waals surface area contributed by atoms with Crippen molar-refractivity contribution >= 4 is 17.4 Å². The largest absolute Gasteiger partial charge is 0.367 e.